The zero-order chi connectivity index (χ0) is 10.7. The third kappa shape index (κ3) is 3.19. The predicted molar refractivity (Wildman–Crippen MR) is 56.8 cm³/mol. The van der Waals surface area contributed by atoms with Gasteiger partial charge in [0.05, 0.1) is 6.04 Å². The fraction of sp³-hybridized carbons (Fsp3) is 0.333. The van der Waals surface area contributed by atoms with Crippen molar-refractivity contribution < 1.29 is 8.78 Å². The fourth-order valence-electron chi connectivity index (χ4n) is 1.04. The van der Waals surface area contributed by atoms with Gasteiger partial charge in [-0.1, -0.05) is 27.5 Å². The van der Waals surface area contributed by atoms with Gasteiger partial charge in [0.25, 0.3) is 6.43 Å². The summed E-state index contributed by atoms with van der Waals surface area (Å²) in [6, 6.07) is 3.94. The standard InChI is InChI=1S/C9H9BrClF2N/c10-6-1-2-7(11)5(3-6)4-8(14)9(12)13/h1-3,8-9H,4,14H2. The third-order valence-electron chi connectivity index (χ3n) is 1.79. The topological polar surface area (TPSA) is 26.0 Å². The largest absolute Gasteiger partial charge is 0.323 e. The third-order valence-corrected chi connectivity index (χ3v) is 2.65. The molecule has 1 nitrogen and oxygen atoms in total. The minimum Gasteiger partial charge on any atom is -0.323 e. The highest BCUT2D eigenvalue weighted by molar-refractivity contribution is 9.10. The first-order chi connectivity index (χ1) is 6.50. The molecule has 0 saturated carbocycles. The number of hydrogen-bond donors (Lipinski definition) is 1. The molecular formula is C9H9BrClF2N. The van der Waals surface area contributed by atoms with Crippen LogP contribution < -0.4 is 5.73 Å². The summed E-state index contributed by atoms with van der Waals surface area (Å²) in [5.41, 5.74) is 5.88. The Morgan fingerprint density at radius 1 is 1.43 bits per heavy atom. The van der Waals surface area contributed by atoms with Gasteiger partial charge in [0.1, 0.15) is 0 Å². The molecule has 0 spiro atoms. The summed E-state index contributed by atoms with van der Waals surface area (Å²) in [6.07, 6.45) is -2.44. The second kappa shape index (κ2) is 5.05. The van der Waals surface area contributed by atoms with Crippen LogP contribution >= 0.6 is 27.5 Å². The van der Waals surface area contributed by atoms with Crippen LogP contribution in [-0.4, -0.2) is 12.5 Å². The fourth-order valence-corrected chi connectivity index (χ4v) is 1.65. The van der Waals surface area contributed by atoms with E-state index in [-0.39, 0.29) is 6.42 Å². The van der Waals surface area contributed by atoms with Gasteiger partial charge >= 0.3 is 0 Å². The number of hydrogen-bond acceptors (Lipinski definition) is 1. The first-order valence-electron chi connectivity index (χ1n) is 3.98. The van der Waals surface area contributed by atoms with E-state index >= 15 is 0 Å². The average Bonchev–Trinajstić information content (AvgIpc) is 2.11. The molecule has 5 heteroatoms. The van der Waals surface area contributed by atoms with Gasteiger partial charge in [-0.2, -0.15) is 0 Å². The van der Waals surface area contributed by atoms with E-state index in [4.69, 9.17) is 17.3 Å². The summed E-state index contributed by atoms with van der Waals surface area (Å²) in [5, 5.41) is 0.462. The van der Waals surface area contributed by atoms with E-state index in [2.05, 4.69) is 15.9 Å². The van der Waals surface area contributed by atoms with Crippen LogP contribution in [0, 0.1) is 0 Å². The number of nitrogens with two attached hydrogens (primary N) is 1. The van der Waals surface area contributed by atoms with Crippen molar-refractivity contribution in [2.45, 2.75) is 18.9 Å². The van der Waals surface area contributed by atoms with E-state index in [0.717, 1.165) is 4.47 Å². The Bertz CT molecular complexity index is 320. The van der Waals surface area contributed by atoms with Crippen LogP contribution in [0.2, 0.25) is 5.02 Å². The van der Waals surface area contributed by atoms with Crippen LogP contribution in [0.5, 0.6) is 0 Å². The Balaban J connectivity index is 2.80. The zero-order valence-electron chi connectivity index (χ0n) is 7.18. The molecule has 0 aliphatic rings. The zero-order valence-corrected chi connectivity index (χ0v) is 9.52. The molecule has 0 aromatic heterocycles. The number of alkyl halides is 2. The quantitative estimate of drug-likeness (QED) is 0.906. The lowest BCUT2D eigenvalue weighted by molar-refractivity contribution is 0.116. The molecule has 0 saturated heterocycles. The molecule has 0 aliphatic carbocycles. The molecule has 1 aromatic rings. The van der Waals surface area contributed by atoms with E-state index in [1.165, 1.54) is 0 Å². The van der Waals surface area contributed by atoms with E-state index in [0.29, 0.717) is 10.6 Å². The highest BCUT2D eigenvalue weighted by Crippen LogP contribution is 2.22. The maximum absolute atomic E-state index is 12.2. The molecule has 0 bridgehead atoms. The summed E-state index contributed by atoms with van der Waals surface area (Å²) < 4.78 is 25.1. The van der Waals surface area contributed by atoms with Crippen LogP contribution in [0.1, 0.15) is 5.56 Å². The van der Waals surface area contributed by atoms with Crippen molar-refractivity contribution in [2.24, 2.45) is 5.73 Å². The maximum Gasteiger partial charge on any atom is 0.253 e. The second-order valence-electron chi connectivity index (χ2n) is 2.94. The van der Waals surface area contributed by atoms with Crippen LogP contribution in [0.3, 0.4) is 0 Å². The Kier molecular flexibility index (Phi) is 4.29. The average molecular weight is 285 g/mol. The summed E-state index contributed by atoms with van der Waals surface area (Å²) in [5.74, 6) is 0. The monoisotopic (exact) mass is 283 g/mol. The van der Waals surface area contributed by atoms with E-state index < -0.39 is 12.5 Å². The van der Waals surface area contributed by atoms with Gasteiger partial charge in [-0.25, -0.2) is 8.78 Å². The predicted octanol–water partition coefficient (Wildman–Crippen LogP) is 3.24. The molecule has 0 aliphatic heterocycles. The van der Waals surface area contributed by atoms with E-state index in [1.54, 1.807) is 18.2 Å². The Labute approximate surface area is 94.4 Å². The number of rotatable bonds is 3. The minimum absolute atomic E-state index is 0.0793. The van der Waals surface area contributed by atoms with E-state index in [9.17, 15) is 8.78 Å². The SMILES string of the molecule is NC(Cc1cc(Br)ccc1Cl)C(F)F. The first-order valence-corrected chi connectivity index (χ1v) is 5.15. The molecule has 1 atom stereocenters. The van der Waals surface area contributed by atoms with Gasteiger partial charge in [-0.3, -0.25) is 0 Å². The first kappa shape index (κ1) is 11.9. The second-order valence-corrected chi connectivity index (χ2v) is 4.26. The molecule has 0 heterocycles. The van der Waals surface area contributed by atoms with Crippen LogP contribution in [-0.2, 0) is 6.42 Å². The van der Waals surface area contributed by atoms with Crippen LogP contribution in [0.25, 0.3) is 0 Å². The number of benzene rings is 1. The van der Waals surface area contributed by atoms with Crippen molar-refractivity contribution in [3.63, 3.8) is 0 Å². The van der Waals surface area contributed by atoms with Gasteiger partial charge in [-0.05, 0) is 30.2 Å². The van der Waals surface area contributed by atoms with Crippen molar-refractivity contribution in [3.05, 3.63) is 33.3 Å². The minimum atomic E-state index is -2.52. The molecule has 78 valence electrons. The lowest BCUT2D eigenvalue weighted by Crippen LogP contribution is -2.31. The van der Waals surface area contributed by atoms with Gasteiger partial charge in [-0.15, -0.1) is 0 Å². The lowest BCUT2D eigenvalue weighted by atomic mass is 10.1. The van der Waals surface area contributed by atoms with Gasteiger partial charge in [0.15, 0.2) is 0 Å². The summed E-state index contributed by atoms with van der Waals surface area (Å²) in [4.78, 5) is 0. The van der Waals surface area contributed by atoms with Gasteiger partial charge in [0, 0.05) is 9.50 Å². The number of halogens is 4. The smallest absolute Gasteiger partial charge is 0.253 e. The Morgan fingerprint density at radius 2 is 2.07 bits per heavy atom. The van der Waals surface area contributed by atoms with Gasteiger partial charge < -0.3 is 5.73 Å². The lowest BCUT2D eigenvalue weighted by Gasteiger charge is -2.11. The maximum atomic E-state index is 12.2. The molecule has 1 rings (SSSR count). The molecule has 2 N–H and O–H groups in total. The molecule has 14 heavy (non-hydrogen) atoms. The van der Waals surface area contributed by atoms with Crippen molar-refractivity contribution >= 4 is 27.5 Å². The normalized spacial score (nSPS) is 13.3. The molecule has 1 unspecified atom stereocenters. The molecule has 0 radical (unpaired) electrons. The highest BCUT2D eigenvalue weighted by Gasteiger charge is 2.16. The summed E-state index contributed by atoms with van der Waals surface area (Å²) >= 11 is 9.06. The van der Waals surface area contributed by atoms with Crippen molar-refractivity contribution in [3.8, 4) is 0 Å². The van der Waals surface area contributed by atoms with Crippen molar-refractivity contribution in [2.75, 3.05) is 0 Å². The molecule has 0 amide bonds. The molecule has 1 aromatic carbocycles. The Morgan fingerprint density at radius 3 is 2.64 bits per heavy atom. The van der Waals surface area contributed by atoms with Crippen LogP contribution in [0.4, 0.5) is 8.78 Å². The van der Waals surface area contributed by atoms with Crippen molar-refractivity contribution in [1.82, 2.24) is 0 Å². The Hall–Kier alpha value is -0.190. The molecule has 0 fully saturated rings. The van der Waals surface area contributed by atoms with Crippen molar-refractivity contribution in [1.29, 1.82) is 0 Å². The van der Waals surface area contributed by atoms with E-state index in [1.807, 2.05) is 0 Å². The summed E-state index contributed by atoms with van der Waals surface area (Å²) in [7, 11) is 0. The highest BCUT2D eigenvalue weighted by atomic mass is 79.9. The van der Waals surface area contributed by atoms with Gasteiger partial charge in [0.2, 0.25) is 0 Å². The van der Waals surface area contributed by atoms with Crippen LogP contribution in [0.15, 0.2) is 22.7 Å². The summed E-state index contributed by atoms with van der Waals surface area (Å²) in [6.45, 7) is 0. The molecular weight excluding hydrogens is 275 g/mol.